The molecule has 0 atom stereocenters. The van der Waals surface area contributed by atoms with Crippen LogP contribution < -0.4 is 5.10 Å². The van der Waals surface area contributed by atoms with Crippen molar-refractivity contribution in [2.45, 2.75) is 6.92 Å². The molecule has 0 aliphatic rings. The first kappa shape index (κ1) is 24.9. The molecule has 5 nitrogen and oxygen atoms in total. The van der Waals surface area contributed by atoms with Gasteiger partial charge >= 0.3 is 21.7 Å². The zero-order chi connectivity index (χ0) is 12.5. The average molecular weight is 261 g/mol. The molecule has 0 fully saturated rings. The van der Waals surface area contributed by atoms with E-state index >= 15 is 0 Å². The number of aromatic nitrogens is 2. The molecule has 0 aliphatic carbocycles. The Kier molecular flexibility index (Phi) is 45.6. The van der Waals surface area contributed by atoms with Crippen LogP contribution in [0.25, 0.3) is 16.0 Å². The summed E-state index contributed by atoms with van der Waals surface area (Å²) in [6.45, 7) is 1.96. The molecule has 0 saturated carbocycles. The molecule has 0 aromatic carbocycles. The molecule has 1 rings (SSSR count). The Morgan fingerprint density at radius 1 is 0.938 bits per heavy atom. The summed E-state index contributed by atoms with van der Waals surface area (Å²) >= 11 is 0. The number of nitrogens with zero attached hydrogens (tertiary/aromatic N) is 5. The van der Waals surface area contributed by atoms with Crippen molar-refractivity contribution in [3.05, 3.63) is 33.9 Å². The number of rotatable bonds is 0. The Morgan fingerprint density at radius 2 is 1.25 bits per heavy atom. The Morgan fingerprint density at radius 3 is 1.31 bits per heavy atom. The van der Waals surface area contributed by atoms with Crippen molar-refractivity contribution in [3.8, 4) is 0 Å². The summed E-state index contributed by atoms with van der Waals surface area (Å²) in [5.74, 6) is 0. The van der Waals surface area contributed by atoms with Crippen LogP contribution >= 0.6 is 0 Å². The molecule has 0 spiro atoms. The topological polar surface area (TPSA) is 69.3 Å². The van der Waals surface area contributed by atoms with Gasteiger partial charge in [0.1, 0.15) is 0 Å². The Balaban J connectivity index is -0.0000000637. The summed E-state index contributed by atoms with van der Waals surface area (Å²) < 4.78 is 0. The van der Waals surface area contributed by atoms with Gasteiger partial charge in [-0.3, -0.25) is 0 Å². The van der Waals surface area contributed by atoms with Gasteiger partial charge in [-0.15, -0.1) is 0 Å². The zero-order valence-electron chi connectivity index (χ0n) is 11.4. The normalized spacial score (nSPS) is 6.69. The first-order chi connectivity index (χ1) is 7.14. The van der Waals surface area contributed by atoms with Gasteiger partial charge in [-0.2, -0.15) is 48.5 Å². The summed E-state index contributed by atoms with van der Waals surface area (Å²) in [6.07, 6.45) is 3.44. The van der Waals surface area contributed by atoms with E-state index in [4.69, 9.17) is 0 Å². The molecule has 0 N–H and O–H groups in total. The van der Waals surface area contributed by atoms with Crippen LogP contribution in [0.3, 0.4) is 0 Å². The van der Waals surface area contributed by atoms with Gasteiger partial charge in [0.15, 0.2) is 0 Å². The fourth-order valence-electron chi connectivity index (χ4n) is 0.282. The van der Waals surface area contributed by atoms with E-state index < -0.39 is 0 Å². The van der Waals surface area contributed by atoms with Gasteiger partial charge in [0.2, 0.25) is 0 Å². The monoisotopic (exact) mass is 261 g/mol. The second-order valence-corrected chi connectivity index (χ2v) is 2.57. The van der Waals surface area contributed by atoms with Crippen molar-refractivity contribution in [3.63, 3.8) is 0 Å². The van der Waals surface area contributed by atoms with E-state index in [1.54, 1.807) is 54.7 Å². The molecule has 1 aromatic rings. The second-order valence-electron chi connectivity index (χ2n) is 2.57. The first-order valence-electron chi connectivity index (χ1n) is 4.48. The van der Waals surface area contributed by atoms with Crippen molar-refractivity contribution >= 4 is 0 Å². The summed E-state index contributed by atoms with van der Waals surface area (Å²) in [6, 6.07) is 0. The Labute approximate surface area is 115 Å². The van der Waals surface area contributed by atoms with E-state index in [1.165, 1.54) is 0 Å². The maximum atomic E-state index is 3.57. The van der Waals surface area contributed by atoms with E-state index in [0.717, 1.165) is 5.56 Å². The van der Waals surface area contributed by atoms with Crippen LogP contribution in [0.15, 0.2) is 12.4 Å². The van der Waals surface area contributed by atoms with Gasteiger partial charge in [0, 0.05) is 6.20 Å². The quantitative estimate of drug-likeness (QED) is 0.672. The molecule has 0 unspecified atom stereocenters. The average Bonchev–Trinajstić information content (AvgIpc) is 2.60. The number of hydrogen-bond donors (Lipinski definition) is 0. The maximum absolute atomic E-state index is 3.57. The van der Waals surface area contributed by atoms with Crippen LogP contribution in [0.1, 0.15) is 5.56 Å². The van der Waals surface area contributed by atoms with Crippen LogP contribution in [0, 0.1) is 6.92 Å². The van der Waals surface area contributed by atoms with Crippen LogP contribution in [0.4, 0.5) is 0 Å². The van der Waals surface area contributed by atoms with Crippen LogP contribution in [-0.2, 0) is 21.7 Å². The Bertz CT molecular complexity index is 151. The SMILES string of the molecule is C[N-]C.C[N-]C.C[N-]C.Cc1cn[n-]c1.[Ti+4]. The maximum Gasteiger partial charge on any atom is 4.00 e. The van der Waals surface area contributed by atoms with Crippen molar-refractivity contribution in [1.82, 2.24) is 10.2 Å². The molecule has 16 heavy (non-hydrogen) atoms. The van der Waals surface area contributed by atoms with Gasteiger partial charge in [0.05, 0.1) is 0 Å². The third-order valence-electron chi connectivity index (χ3n) is 0.589. The van der Waals surface area contributed by atoms with Crippen molar-refractivity contribution < 1.29 is 21.7 Å². The number of aryl methyl sites for hydroxylation is 1. The molecule has 0 saturated heterocycles. The van der Waals surface area contributed by atoms with Crippen molar-refractivity contribution in [2.24, 2.45) is 0 Å². The van der Waals surface area contributed by atoms with Gasteiger partial charge in [0.25, 0.3) is 0 Å². The largest absolute Gasteiger partial charge is 4.00 e. The molecule has 1 heterocycles. The van der Waals surface area contributed by atoms with Gasteiger partial charge in [-0.05, 0) is 6.92 Å². The third-order valence-corrected chi connectivity index (χ3v) is 0.589. The van der Waals surface area contributed by atoms with E-state index in [0.29, 0.717) is 0 Å². The van der Waals surface area contributed by atoms with E-state index in [-0.39, 0.29) is 21.7 Å². The number of hydrogen-bond acceptors (Lipinski definition) is 1. The van der Waals surface area contributed by atoms with E-state index in [9.17, 15) is 0 Å². The minimum absolute atomic E-state index is 0. The van der Waals surface area contributed by atoms with E-state index in [2.05, 4.69) is 26.1 Å². The molecular formula is C10H23N5Ti. The first-order valence-corrected chi connectivity index (χ1v) is 4.48. The predicted octanol–water partition coefficient (Wildman–Crippen LogP) is 2.20. The van der Waals surface area contributed by atoms with E-state index in [1.807, 2.05) is 6.92 Å². The van der Waals surface area contributed by atoms with Crippen molar-refractivity contribution in [2.75, 3.05) is 42.3 Å². The minimum atomic E-state index is 0. The second kappa shape index (κ2) is 29.3. The fourth-order valence-corrected chi connectivity index (χ4v) is 0.282. The molecule has 0 amide bonds. The molecule has 6 heteroatoms. The molecule has 0 radical (unpaired) electrons. The summed E-state index contributed by atoms with van der Waals surface area (Å²) in [4.78, 5) is 0. The molecular weight excluding hydrogens is 238 g/mol. The summed E-state index contributed by atoms with van der Waals surface area (Å²) in [5, 5.41) is 17.6. The predicted molar refractivity (Wildman–Crippen MR) is 67.9 cm³/mol. The molecule has 0 bridgehead atoms. The van der Waals surface area contributed by atoms with Crippen LogP contribution in [-0.4, -0.2) is 47.4 Å². The molecule has 92 valence electrons. The van der Waals surface area contributed by atoms with Gasteiger partial charge in [-0.1, -0.05) is 5.56 Å². The summed E-state index contributed by atoms with van der Waals surface area (Å²) in [7, 11) is 10.5. The summed E-state index contributed by atoms with van der Waals surface area (Å²) in [5.41, 5.74) is 1.12. The molecule has 1 aromatic heterocycles. The smallest absolute Gasteiger partial charge is 0.668 e. The fraction of sp³-hybridized carbons (Fsp3) is 0.700. The van der Waals surface area contributed by atoms with Crippen LogP contribution in [0.5, 0.6) is 0 Å². The Hall–Kier alpha value is -0.196. The van der Waals surface area contributed by atoms with Crippen molar-refractivity contribution in [1.29, 1.82) is 0 Å². The molecule has 0 aliphatic heterocycles. The standard InChI is InChI=1S/C4H5N2.3C2H6N.Ti/c1-4-2-5-6-3-4;3*1-3-2;/h2-3H,1H3;3*1-2H3;/q4*-1;+4. The van der Waals surface area contributed by atoms with Crippen LogP contribution in [0.2, 0.25) is 0 Å². The minimum Gasteiger partial charge on any atom is -0.668 e. The zero-order valence-corrected chi connectivity index (χ0v) is 13.0. The van der Waals surface area contributed by atoms with Gasteiger partial charge in [-0.25, -0.2) is 0 Å². The third kappa shape index (κ3) is 48.9. The van der Waals surface area contributed by atoms with Gasteiger partial charge < -0.3 is 26.1 Å².